The molecule has 1 rings (SSSR count). The molecule has 0 heterocycles. The van der Waals surface area contributed by atoms with Crippen LogP contribution in [0.2, 0.25) is 5.02 Å². The third kappa shape index (κ3) is 3.11. The third-order valence-corrected chi connectivity index (χ3v) is 2.08. The lowest BCUT2D eigenvalue weighted by atomic mass is 10.2. The molecule has 4 nitrogen and oxygen atoms in total. The molecular weight excluding hydrogens is 220 g/mol. The van der Waals surface area contributed by atoms with Crippen LogP contribution in [0.15, 0.2) is 18.2 Å². The molecule has 0 aliphatic rings. The molecule has 0 spiro atoms. The molecule has 5 heteroatoms. The smallest absolute Gasteiger partial charge is 0.347 e. The van der Waals surface area contributed by atoms with Crippen LogP contribution in [0.25, 0.3) is 0 Å². The number of aliphatic hydroxyl groups is 1. The highest BCUT2D eigenvalue weighted by Gasteiger charge is 2.18. The second kappa shape index (κ2) is 5.00. The normalized spacial score (nSPS) is 12.2. The van der Waals surface area contributed by atoms with Crippen molar-refractivity contribution in [2.24, 2.45) is 0 Å². The Hall–Kier alpha value is -1.26. The van der Waals surface area contributed by atoms with Crippen LogP contribution in [0.1, 0.15) is 5.56 Å². The van der Waals surface area contributed by atoms with Crippen molar-refractivity contribution in [1.82, 2.24) is 0 Å². The minimum atomic E-state index is -1.25. The Morgan fingerprint density at radius 1 is 1.60 bits per heavy atom. The maximum absolute atomic E-state index is 10.6. The van der Waals surface area contributed by atoms with Crippen LogP contribution >= 0.6 is 11.6 Å². The highest BCUT2D eigenvalue weighted by molar-refractivity contribution is 6.30. The minimum absolute atomic E-state index is 0.404. The van der Waals surface area contributed by atoms with Crippen molar-refractivity contribution in [1.29, 1.82) is 0 Å². The fraction of sp³-hybridized carbons (Fsp3) is 0.300. The number of rotatable bonds is 4. The molecule has 1 aromatic carbocycles. The number of benzene rings is 1. The van der Waals surface area contributed by atoms with Crippen molar-refractivity contribution in [2.75, 3.05) is 6.61 Å². The molecule has 1 atom stereocenters. The first-order valence-corrected chi connectivity index (χ1v) is 4.69. The largest absolute Gasteiger partial charge is 0.478 e. The second-order valence-electron chi connectivity index (χ2n) is 3.04. The molecule has 0 fully saturated rings. The molecule has 0 bridgehead atoms. The van der Waals surface area contributed by atoms with Crippen LogP contribution in [0.5, 0.6) is 5.75 Å². The topological polar surface area (TPSA) is 66.8 Å². The van der Waals surface area contributed by atoms with Gasteiger partial charge in [-0.3, -0.25) is 0 Å². The number of carboxylic acid groups (broad SMARTS) is 1. The summed E-state index contributed by atoms with van der Waals surface area (Å²) in [5.74, 6) is -0.798. The molecular formula is C10H11ClO4. The predicted octanol–water partition coefficient (Wildman–Crippen LogP) is 1.47. The molecule has 0 radical (unpaired) electrons. The van der Waals surface area contributed by atoms with E-state index in [1.807, 2.05) is 0 Å². The Labute approximate surface area is 92.1 Å². The Bertz CT molecular complexity index is 364. The Kier molecular flexibility index (Phi) is 3.94. The summed E-state index contributed by atoms with van der Waals surface area (Å²) < 4.78 is 5.10. The average molecular weight is 231 g/mol. The van der Waals surface area contributed by atoms with Crippen molar-refractivity contribution in [3.8, 4) is 5.75 Å². The van der Waals surface area contributed by atoms with Gasteiger partial charge in [-0.25, -0.2) is 4.79 Å². The third-order valence-electron chi connectivity index (χ3n) is 1.85. The van der Waals surface area contributed by atoms with Gasteiger partial charge in [-0.1, -0.05) is 11.6 Å². The molecule has 2 N–H and O–H groups in total. The first-order valence-electron chi connectivity index (χ1n) is 4.31. The number of carboxylic acids is 1. The number of aliphatic hydroxyl groups excluding tert-OH is 1. The van der Waals surface area contributed by atoms with Gasteiger partial charge in [0, 0.05) is 5.02 Å². The number of carbonyl (C=O) groups is 1. The summed E-state index contributed by atoms with van der Waals surface area (Å²) in [5.41, 5.74) is 0.724. The number of halogens is 1. The quantitative estimate of drug-likeness (QED) is 0.822. The van der Waals surface area contributed by atoms with Crippen LogP contribution < -0.4 is 4.74 Å². The van der Waals surface area contributed by atoms with Gasteiger partial charge in [0.2, 0.25) is 6.10 Å². The van der Waals surface area contributed by atoms with Gasteiger partial charge < -0.3 is 14.9 Å². The van der Waals surface area contributed by atoms with Gasteiger partial charge in [0.1, 0.15) is 5.75 Å². The Morgan fingerprint density at radius 3 is 2.73 bits per heavy atom. The highest BCUT2D eigenvalue weighted by Crippen LogP contribution is 2.22. The first-order chi connectivity index (χ1) is 7.04. The lowest BCUT2D eigenvalue weighted by molar-refractivity contribution is -0.146. The van der Waals surface area contributed by atoms with Crippen molar-refractivity contribution >= 4 is 17.6 Å². The molecule has 0 saturated carbocycles. The molecule has 0 amide bonds. The van der Waals surface area contributed by atoms with Gasteiger partial charge in [0.05, 0.1) is 6.61 Å². The zero-order valence-corrected chi connectivity index (χ0v) is 8.86. The lowest BCUT2D eigenvalue weighted by Crippen LogP contribution is -2.30. The molecule has 1 unspecified atom stereocenters. The van der Waals surface area contributed by atoms with E-state index in [9.17, 15) is 4.79 Å². The lowest BCUT2D eigenvalue weighted by Gasteiger charge is -2.14. The summed E-state index contributed by atoms with van der Waals surface area (Å²) in [7, 11) is 0. The zero-order chi connectivity index (χ0) is 11.4. The van der Waals surface area contributed by atoms with Crippen LogP contribution in [-0.4, -0.2) is 28.9 Å². The maximum Gasteiger partial charge on any atom is 0.347 e. The molecule has 15 heavy (non-hydrogen) atoms. The van der Waals surface area contributed by atoms with E-state index in [4.69, 9.17) is 26.6 Å². The second-order valence-corrected chi connectivity index (χ2v) is 3.47. The summed E-state index contributed by atoms with van der Waals surface area (Å²) in [6.45, 7) is 1.18. The van der Waals surface area contributed by atoms with Gasteiger partial charge in [-0.15, -0.1) is 0 Å². The van der Waals surface area contributed by atoms with E-state index in [1.54, 1.807) is 25.1 Å². The zero-order valence-electron chi connectivity index (χ0n) is 8.11. The maximum atomic E-state index is 10.6. The van der Waals surface area contributed by atoms with Crippen molar-refractivity contribution in [3.63, 3.8) is 0 Å². The predicted molar refractivity (Wildman–Crippen MR) is 55.3 cm³/mol. The molecule has 0 saturated heterocycles. The summed E-state index contributed by atoms with van der Waals surface area (Å²) in [5, 5.41) is 18.0. The Morgan fingerprint density at radius 2 is 2.27 bits per heavy atom. The van der Waals surface area contributed by atoms with Gasteiger partial charge in [0.15, 0.2) is 0 Å². The van der Waals surface area contributed by atoms with E-state index in [0.29, 0.717) is 10.8 Å². The summed E-state index contributed by atoms with van der Waals surface area (Å²) in [4.78, 5) is 10.6. The summed E-state index contributed by atoms with van der Waals surface area (Å²) in [6, 6.07) is 4.83. The number of aliphatic carboxylic acids is 1. The average Bonchev–Trinajstić information content (AvgIpc) is 2.16. The van der Waals surface area contributed by atoms with Crippen molar-refractivity contribution in [2.45, 2.75) is 13.0 Å². The van der Waals surface area contributed by atoms with E-state index in [1.165, 1.54) is 0 Å². The number of hydrogen-bond acceptors (Lipinski definition) is 3. The van der Waals surface area contributed by atoms with Gasteiger partial charge in [-0.2, -0.15) is 0 Å². The van der Waals surface area contributed by atoms with Crippen molar-refractivity contribution < 1.29 is 19.7 Å². The van der Waals surface area contributed by atoms with E-state index >= 15 is 0 Å². The van der Waals surface area contributed by atoms with E-state index in [-0.39, 0.29) is 0 Å². The SMILES string of the molecule is Cc1cc(Cl)ccc1OC(CO)C(=O)O. The van der Waals surface area contributed by atoms with Gasteiger partial charge in [0.25, 0.3) is 0 Å². The highest BCUT2D eigenvalue weighted by atomic mass is 35.5. The molecule has 0 aliphatic carbocycles. The molecule has 0 aromatic heterocycles. The van der Waals surface area contributed by atoms with E-state index in [2.05, 4.69) is 0 Å². The summed E-state index contributed by atoms with van der Waals surface area (Å²) >= 11 is 5.73. The van der Waals surface area contributed by atoms with Crippen LogP contribution in [0, 0.1) is 6.92 Å². The fourth-order valence-corrected chi connectivity index (χ4v) is 1.29. The van der Waals surface area contributed by atoms with Gasteiger partial charge >= 0.3 is 5.97 Å². The molecule has 0 aliphatic heterocycles. The van der Waals surface area contributed by atoms with Crippen LogP contribution in [-0.2, 0) is 4.79 Å². The Balaban J connectivity index is 2.84. The monoisotopic (exact) mass is 230 g/mol. The first kappa shape index (κ1) is 11.8. The number of hydrogen-bond donors (Lipinski definition) is 2. The number of aryl methyl sites for hydroxylation is 1. The van der Waals surface area contributed by atoms with Crippen molar-refractivity contribution in [3.05, 3.63) is 28.8 Å². The van der Waals surface area contributed by atoms with Crippen LogP contribution in [0.4, 0.5) is 0 Å². The molecule has 82 valence electrons. The fourth-order valence-electron chi connectivity index (χ4n) is 1.06. The van der Waals surface area contributed by atoms with E-state index in [0.717, 1.165) is 5.56 Å². The van der Waals surface area contributed by atoms with Crippen LogP contribution in [0.3, 0.4) is 0 Å². The van der Waals surface area contributed by atoms with Gasteiger partial charge in [-0.05, 0) is 30.7 Å². The molecule has 1 aromatic rings. The standard InChI is InChI=1S/C10H11ClO4/c1-6-4-7(11)2-3-8(6)15-9(5-12)10(13)14/h2-4,9,12H,5H2,1H3,(H,13,14). The minimum Gasteiger partial charge on any atom is -0.478 e. The van der Waals surface area contributed by atoms with E-state index < -0.39 is 18.7 Å². The number of ether oxygens (including phenoxy) is 1. The summed E-state index contributed by atoms with van der Waals surface area (Å²) in [6.07, 6.45) is -1.25.